The standard InChI is InChI=1S/C16H19N5/c1-13-5-2-3-8-21(13)12-14-6-4-7-15(9-14)19-20-16(10-17)11-18/h4,6-7,9,13,19H,2-3,5,8,12H2,1H3. The maximum atomic E-state index is 8.65. The summed E-state index contributed by atoms with van der Waals surface area (Å²) in [6, 6.07) is 12.0. The number of hydrogen-bond donors (Lipinski definition) is 1. The Kier molecular flexibility index (Phi) is 5.31. The Morgan fingerprint density at radius 3 is 2.90 bits per heavy atom. The van der Waals surface area contributed by atoms with Crippen LogP contribution in [-0.4, -0.2) is 23.2 Å². The van der Waals surface area contributed by atoms with Crippen LogP contribution in [0.4, 0.5) is 5.69 Å². The molecule has 1 unspecified atom stereocenters. The average Bonchev–Trinajstić information content (AvgIpc) is 2.51. The van der Waals surface area contributed by atoms with E-state index >= 15 is 0 Å². The summed E-state index contributed by atoms with van der Waals surface area (Å²) in [6.45, 7) is 4.34. The van der Waals surface area contributed by atoms with Crippen molar-refractivity contribution in [1.29, 1.82) is 10.5 Å². The monoisotopic (exact) mass is 281 g/mol. The third-order valence-corrected chi connectivity index (χ3v) is 3.76. The highest BCUT2D eigenvalue weighted by molar-refractivity contribution is 6.10. The van der Waals surface area contributed by atoms with Gasteiger partial charge in [0.05, 0.1) is 5.69 Å². The number of nitrogens with one attached hydrogen (secondary N) is 1. The summed E-state index contributed by atoms with van der Waals surface area (Å²) >= 11 is 0. The van der Waals surface area contributed by atoms with Crippen LogP contribution in [0.2, 0.25) is 0 Å². The lowest BCUT2D eigenvalue weighted by Gasteiger charge is -2.33. The van der Waals surface area contributed by atoms with Gasteiger partial charge in [-0.15, -0.1) is 0 Å². The fourth-order valence-corrected chi connectivity index (χ4v) is 2.56. The van der Waals surface area contributed by atoms with Crippen LogP contribution in [0.5, 0.6) is 0 Å². The highest BCUT2D eigenvalue weighted by Gasteiger charge is 2.17. The normalized spacial score (nSPS) is 18.3. The molecule has 1 saturated heterocycles. The summed E-state index contributed by atoms with van der Waals surface area (Å²) in [5.74, 6) is 0. The van der Waals surface area contributed by atoms with Crippen LogP contribution in [0.3, 0.4) is 0 Å². The van der Waals surface area contributed by atoms with E-state index < -0.39 is 0 Å². The first-order chi connectivity index (χ1) is 10.2. The van der Waals surface area contributed by atoms with Crippen LogP contribution in [0, 0.1) is 22.7 Å². The highest BCUT2D eigenvalue weighted by Crippen LogP contribution is 2.20. The predicted molar refractivity (Wildman–Crippen MR) is 82.4 cm³/mol. The molecule has 0 amide bonds. The zero-order chi connectivity index (χ0) is 15.1. The topological polar surface area (TPSA) is 75.2 Å². The minimum atomic E-state index is -0.176. The number of anilines is 1. The molecule has 1 aromatic rings. The largest absolute Gasteiger partial charge is 0.296 e. The number of benzene rings is 1. The third-order valence-electron chi connectivity index (χ3n) is 3.76. The summed E-state index contributed by atoms with van der Waals surface area (Å²) in [5.41, 5.74) is 4.58. The van der Waals surface area contributed by atoms with E-state index in [2.05, 4.69) is 28.4 Å². The van der Waals surface area contributed by atoms with Crippen LogP contribution in [0.15, 0.2) is 29.4 Å². The van der Waals surface area contributed by atoms with Crippen molar-refractivity contribution in [3.05, 3.63) is 29.8 Å². The second-order valence-corrected chi connectivity index (χ2v) is 5.31. The Morgan fingerprint density at radius 2 is 2.19 bits per heavy atom. The molecule has 1 atom stereocenters. The van der Waals surface area contributed by atoms with E-state index in [-0.39, 0.29) is 5.71 Å². The highest BCUT2D eigenvalue weighted by atomic mass is 15.3. The van der Waals surface area contributed by atoms with E-state index in [1.54, 1.807) is 12.1 Å². The second-order valence-electron chi connectivity index (χ2n) is 5.31. The quantitative estimate of drug-likeness (QED) is 0.680. The molecule has 1 fully saturated rings. The van der Waals surface area contributed by atoms with E-state index in [0.29, 0.717) is 6.04 Å². The van der Waals surface area contributed by atoms with Crippen molar-refractivity contribution in [2.75, 3.05) is 12.0 Å². The summed E-state index contributed by atoms with van der Waals surface area (Å²) in [7, 11) is 0. The molecule has 0 radical (unpaired) electrons. The molecule has 108 valence electrons. The van der Waals surface area contributed by atoms with Gasteiger partial charge in [0.1, 0.15) is 12.1 Å². The van der Waals surface area contributed by atoms with E-state index in [1.807, 2.05) is 18.2 Å². The van der Waals surface area contributed by atoms with Gasteiger partial charge in [-0.3, -0.25) is 10.3 Å². The molecule has 1 aromatic carbocycles. The summed E-state index contributed by atoms with van der Waals surface area (Å²) < 4.78 is 0. The van der Waals surface area contributed by atoms with Gasteiger partial charge in [-0.05, 0) is 44.0 Å². The molecule has 0 aromatic heterocycles. The molecule has 5 nitrogen and oxygen atoms in total. The molecule has 1 heterocycles. The van der Waals surface area contributed by atoms with Gasteiger partial charge >= 0.3 is 0 Å². The predicted octanol–water partition coefficient (Wildman–Crippen LogP) is 2.88. The van der Waals surface area contributed by atoms with Crippen molar-refractivity contribution in [2.45, 2.75) is 38.8 Å². The van der Waals surface area contributed by atoms with Gasteiger partial charge < -0.3 is 0 Å². The molecule has 1 aliphatic rings. The summed E-state index contributed by atoms with van der Waals surface area (Å²) in [4.78, 5) is 2.49. The van der Waals surface area contributed by atoms with E-state index in [1.165, 1.54) is 24.8 Å². The maximum Gasteiger partial charge on any atom is 0.237 e. The van der Waals surface area contributed by atoms with Crippen molar-refractivity contribution >= 4 is 11.4 Å². The minimum absolute atomic E-state index is 0.176. The minimum Gasteiger partial charge on any atom is -0.296 e. The Bertz CT molecular complexity index is 577. The SMILES string of the molecule is CC1CCCCN1Cc1cccc(NN=C(C#N)C#N)c1. The fraction of sp³-hybridized carbons (Fsp3) is 0.438. The lowest BCUT2D eigenvalue weighted by atomic mass is 10.0. The number of piperidine rings is 1. The van der Waals surface area contributed by atoms with E-state index in [4.69, 9.17) is 10.5 Å². The smallest absolute Gasteiger partial charge is 0.237 e. The maximum absolute atomic E-state index is 8.65. The van der Waals surface area contributed by atoms with Gasteiger partial charge in [-0.2, -0.15) is 15.6 Å². The fourth-order valence-electron chi connectivity index (χ4n) is 2.56. The number of likely N-dealkylation sites (tertiary alicyclic amines) is 1. The summed E-state index contributed by atoms with van der Waals surface area (Å²) in [5, 5.41) is 21.1. The molecular weight excluding hydrogens is 262 g/mol. The van der Waals surface area contributed by atoms with Gasteiger partial charge in [-0.1, -0.05) is 18.6 Å². The van der Waals surface area contributed by atoms with Crippen molar-refractivity contribution in [3.8, 4) is 12.1 Å². The number of rotatable bonds is 4. The molecule has 0 spiro atoms. The second kappa shape index (κ2) is 7.42. The molecule has 0 aliphatic carbocycles. The number of hydrogen-bond acceptors (Lipinski definition) is 5. The van der Waals surface area contributed by atoms with Gasteiger partial charge in [-0.25, -0.2) is 0 Å². The van der Waals surface area contributed by atoms with Gasteiger partial charge in [0.2, 0.25) is 5.71 Å². The van der Waals surface area contributed by atoms with E-state index in [9.17, 15) is 0 Å². The molecular formula is C16H19N5. The Balaban J connectivity index is 2.03. The van der Waals surface area contributed by atoms with Crippen LogP contribution in [0.1, 0.15) is 31.7 Å². The lowest BCUT2D eigenvalue weighted by Crippen LogP contribution is -2.36. The van der Waals surface area contributed by atoms with Crippen LogP contribution < -0.4 is 5.43 Å². The number of nitriles is 2. The van der Waals surface area contributed by atoms with Crippen LogP contribution >= 0.6 is 0 Å². The molecule has 21 heavy (non-hydrogen) atoms. The van der Waals surface area contributed by atoms with Gasteiger partial charge in [0.15, 0.2) is 0 Å². The van der Waals surface area contributed by atoms with Crippen LogP contribution in [0.25, 0.3) is 0 Å². The zero-order valence-corrected chi connectivity index (χ0v) is 12.2. The molecule has 1 N–H and O–H groups in total. The average molecular weight is 281 g/mol. The molecule has 0 bridgehead atoms. The molecule has 1 aliphatic heterocycles. The first-order valence-corrected chi connectivity index (χ1v) is 7.20. The van der Waals surface area contributed by atoms with Crippen molar-refractivity contribution in [2.24, 2.45) is 5.10 Å². The molecule has 2 rings (SSSR count). The lowest BCUT2D eigenvalue weighted by molar-refractivity contribution is 0.152. The first kappa shape index (κ1) is 15.0. The summed E-state index contributed by atoms with van der Waals surface area (Å²) in [6.07, 6.45) is 3.84. The first-order valence-electron chi connectivity index (χ1n) is 7.20. The van der Waals surface area contributed by atoms with Crippen molar-refractivity contribution in [1.82, 2.24) is 4.90 Å². The van der Waals surface area contributed by atoms with Crippen molar-refractivity contribution in [3.63, 3.8) is 0 Å². The van der Waals surface area contributed by atoms with Gasteiger partial charge in [0.25, 0.3) is 0 Å². The van der Waals surface area contributed by atoms with Crippen LogP contribution in [-0.2, 0) is 6.54 Å². The zero-order valence-electron chi connectivity index (χ0n) is 12.2. The Labute approximate surface area is 125 Å². The molecule has 0 saturated carbocycles. The number of hydrazone groups is 1. The van der Waals surface area contributed by atoms with Crippen molar-refractivity contribution < 1.29 is 0 Å². The Morgan fingerprint density at radius 1 is 1.38 bits per heavy atom. The Hall–Kier alpha value is -2.37. The van der Waals surface area contributed by atoms with Gasteiger partial charge in [0, 0.05) is 12.6 Å². The van der Waals surface area contributed by atoms with E-state index in [0.717, 1.165) is 18.8 Å². The number of nitrogens with zero attached hydrogens (tertiary/aromatic N) is 4. The molecule has 5 heteroatoms. The third kappa shape index (κ3) is 4.30.